The first kappa shape index (κ1) is 16.7. The van der Waals surface area contributed by atoms with Crippen molar-refractivity contribution in [1.82, 2.24) is 9.80 Å². The lowest BCUT2D eigenvalue weighted by molar-refractivity contribution is -0.136. The zero-order valence-electron chi connectivity index (χ0n) is 12.2. The van der Waals surface area contributed by atoms with Gasteiger partial charge in [0.1, 0.15) is 0 Å². The molecule has 2 fully saturated rings. The van der Waals surface area contributed by atoms with Gasteiger partial charge in [-0.1, -0.05) is 13.3 Å². The number of amides is 1. The first-order valence-electron chi connectivity index (χ1n) is 7.38. The molecule has 2 saturated heterocycles. The van der Waals surface area contributed by atoms with E-state index in [1.165, 1.54) is 19.4 Å². The van der Waals surface area contributed by atoms with Crippen LogP contribution >= 0.6 is 12.4 Å². The molecule has 0 spiro atoms. The fraction of sp³-hybridized carbons (Fsp3) is 0.929. The van der Waals surface area contributed by atoms with Crippen molar-refractivity contribution in [3.8, 4) is 0 Å². The Morgan fingerprint density at radius 1 is 1.37 bits per heavy atom. The monoisotopic (exact) mass is 289 g/mol. The third-order valence-corrected chi connectivity index (χ3v) is 4.57. The molecule has 2 aliphatic heterocycles. The summed E-state index contributed by atoms with van der Waals surface area (Å²) in [6.45, 7) is 5.10. The molecule has 3 unspecified atom stereocenters. The minimum Gasteiger partial charge on any atom is -0.341 e. The predicted molar refractivity (Wildman–Crippen MR) is 80.5 cm³/mol. The van der Waals surface area contributed by atoms with E-state index in [1.54, 1.807) is 0 Å². The molecule has 2 N–H and O–H groups in total. The highest BCUT2D eigenvalue weighted by Crippen LogP contribution is 2.29. The van der Waals surface area contributed by atoms with Gasteiger partial charge in [-0.2, -0.15) is 0 Å². The fourth-order valence-electron chi connectivity index (χ4n) is 3.52. The molecule has 0 aromatic heterocycles. The van der Waals surface area contributed by atoms with E-state index in [4.69, 9.17) is 5.73 Å². The average molecular weight is 290 g/mol. The van der Waals surface area contributed by atoms with Crippen LogP contribution in [0.15, 0.2) is 0 Å². The molecule has 112 valence electrons. The molecule has 0 bridgehead atoms. The second kappa shape index (κ2) is 7.46. The summed E-state index contributed by atoms with van der Waals surface area (Å²) >= 11 is 0. The summed E-state index contributed by atoms with van der Waals surface area (Å²) in [7, 11) is 2.22. The number of likely N-dealkylation sites (tertiary alicyclic amines) is 2. The maximum atomic E-state index is 12.2. The summed E-state index contributed by atoms with van der Waals surface area (Å²) in [5.41, 5.74) is 5.95. The lowest BCUT2D eigenvalue weighted by Crippen LogP contribution is -2.56. The van der Waals surface area contributed by atoms with Crippen molar-refractivity contribution < 1.29 is 4.79 Å². The molecular weight excluding hydrogens is 262 g/mol. The molecular formula is C14H28ClN3O. The number of rotatable bonds is 3. The first-order valence-corrected chi connectivity index (χ1v) is 7.38. The summed E-state index contributed by atoms with van der Waals surface area (Å²) in [5, 5.41) is 0. The van der Waals surface area contributed by atoms with E-state index < -0.39 is 0 Å². The number of hydrogen-bond donors (Lipinski definition) is 1. The van der Waals surface area contributed by atoms with Crippen molar-refractivity contribution in [1.29, 1.82) is 0 Å². The quantitative estimate of drug-likeness (QED) is 0.856. The number of hydrogen-bond acceptors (Lipinski definition) is 3. The van der Waals surface area contributed by atoms with Crippen molar-refractivity contribution in [3.63, 3.8) is 0 Å². The topological polar surface area (TPSA) is 49.6 Å². The summed E-state index contributed by atoms with van der Waals surface area (Å²) in [4.78, 5) is 16.7. The Morgan fingerprint density at radius 3 is 2.79 bits per heavy atom. The van der Waals surface area contributed by atoms with Crippen LogP contribution in [0.25, 0.3) is 0 Å². The van der Waals surface area contributed by atoms with Gasteiger partial charge in [0.25, 0.3) is 0 Å². The van der Waals surface area contributed by atoms with Gasteiger partial charge in [-0.3, -0.25) is 4.79 Å². The molecule has 2 aliphatic rings. The van der Waals surface area contributed by atoms with Gasteiger partial charge in [-0.05, 0) is 45.2 Å². The zero-order valence-corrected chi connectivity index (χ0v) is 13.0. The maximum absolute atomic E-state index is 12.2. The molecule has 0 aromatic carbocycles. The van der Waals surface area contributed by atoms with Gasteiger partial charge in [0, 0.05) is 19.1 Å². The van der Waals surface area contributed by atoms with Crippen LogP contribution in [0.3, 0.4) is 0 Å². The third kappa shape index (κ3) is 3.83. The Morgan fingerprint density at radius 2 is 2.11 bits per heavy atom. The van der Waals surface area contributed by atoms with E-state index >= 15 is 0 Å². The highest BCUT2D eigenvalue weighted by Gasteiger charge is 2.36. The van der Waals surface area contributed by atoms with Crippen LogP contribution in [0.5, 0.6) is 0 Å². The largest absolute Gasteiger partial charge is 0.341 e. The van der Waals surface area contributed by atoms with Gasteiger partial charge in [-0.15, -0.1) is 12.4 Å². The van der Waals surface area contributed by atoms with E-state index in [1.807, 2.05) is 4.90 Å². The second-order valence-electron chi connectivity index (χ2n) is 5.92. The molecule has 19 heavy (non-hydrogen) atoms. The van der Waals surface area contributed by atoms with Crippen molar-refractivity contribution >= 4 is 18.3 Å². The molecule has 0 aromatic rings. The Bertz CT molecular complexity index is 300. The predicted octanol–water partition coefficient (Wildman–Crippen LogP) is 1.48. The number of piperidine rings is 2. The van der Waals surface area contributed by atoms with Crippen molar-refractivity contribution in [2.24, 2.45) is 11.7 Å². The molecule has 0 saturated carbocycles. The lowest BCUT2D eigenvalue weighted by atomic mass is 9.84. The van der Waals surface area contributed by atoms with E-state index in [-0.39, 0.29) is 24.4 Å². The average Bonchev–Trinajstić information content (AvgIpc) is 2.38. The van der Waals surface area contributed by atoms with Crippen LogP contribution in [0.2, 0.25) is 0 Å². The molecule has 3 atom stereocenters. The summed E-state index contributed by atoms with van der Waals surface area (Å²) in [5.74, 6) is 0.832. The molecule has 2 rings (SSSR count). The standard InChI is InChI=1S/C14H27N3O.ClH/c1-3-5-12(15)14(18)17-9-7-13-11(10-17)6-4-8-16(13)2;/h11-13H,3-10,15H2,1-2H3;1H. The van der Waals surface area contributed by atoms with Crippen molar-refractivity contribution in [2.75, 3.05) is 26.7 Å². The van der Waals surface area contributed by atoms with Crippen molar-refractivity contribution in [2.45, 2.75) is 51.1 Å². The molecule has 2 heterocycles. The normalized spacial score (nSPS) is 29.3. The Labute approximate surface area is 123 Å². The van der Waals surface area contributed by atoms with Crippen LogP contribution in [0.4, 0.5) is 0 Å². The second-order valence-corrected chi connectivity index (χ2v) is 5.92. The van der Waals surface area contributed by atoms with E-state index in [0.717, 1.165) is 32.4 Å². The molecule has 4 nitrogen and oxygen atoms in total. The summed E-state index contributed by atoms with van der Waals surface area (Å²) < 4.78 is 0. The van der Waals surface area contributed by atoms with Crippen molar-refractivity contribution in [3.05, 3.63) is 0 Å². The van der Waals surface area contributed by atoms with Gasteiger partial charge >= 0.3 is 0 Å². The minimum absolute atomic E-state index is 0. The van der Waals surface area contributed by atoms with Crippen LogP contribution in [0.1, 0.15) is 39.0 Å². The Balaban J connectivity index is 0.00000180. The van der Waals surface area contributed by atoms with Gasteiger partial charge < -0.3 is 15.5 Å². The first-order chi connectivity index (χ1) is 8.63. The fourth-order valence-corrected chi connectivity index (χ4v) is 3.52. The van der Waals surface area contributed by atoms with Crippen LogP contribution in [-0.4, -0.2) is 54.5 Å². The van der Waals surface area contributed by atoms with Gasteiger partial charge in [0.05, 0.1) is 6.04 Å². The number of carbonyl (C=O) groups excluding carboxylic acids is 1. The van der Waals surface area contributed by atoms with Gasteiger partial charge in [-0.25, -0.2) is 0 Å². The summed E-state index contributed by atoms with van der Waals surface area (Å²) in [6.07, 6.45) is 5.44. The number of carbonyl (C=O) groups is 1. The van der Waals surface area contributed by atoms with Gasteiger partial charge in [0.2, 0.25) is 5.91 Å². The molecule has 0 radical (unpaired) electrons. The SMILES string of the molecule is CCCC(N)C(=O)N1CCC2C(CCCN2C)C1.Cl. The Hall–Kier alpha value is -0.320. The Kier molecular flexibility index (Phi) is 6.57. The zero-order chi connectivity index (χ0) is 13.1. The number of halogens is 1. The summed E-state index contributed by atoms with van der Waals surface area (Å²) in [6, 6.07) is 0.401. The van der Waals surface area contributed by atoms with E-state index in [9.17, 15) is 4.79 Å². The van der Waals surface area contributed by atoms with Gasteiger partial charge in [0.15, 0.2) is 0 Å². The maximum Gasteiger partial charge on any atom is 0.239 e. The van der Waals surface area contributed by atoms with Crippen LogP contribution in [0, 0.1) is 5.92 Å². The molecule has 5 heteroatoms. The smallest absolute Gasteiger partial charge is 0.239 e. The number of nitrogens with zero attached hydrogens (tertiary/aromatic N) is 2. The van der Waals surface area contributed by atoms with Crippen LogP contribution < -0.4 is 5.73 Å². The molecule has 1 amide bonds. The molecule has 0 aliphatic carbocycles. The highest BCUT2D eigenvalue weighted by atomic mass is 35.5. The lowest BCUT2D eigenvalue weighted by Gasteiger charge is -2.46. The minimum atomic E-state index is -0.284. The third-order valence-electron chi connectivity index (χ3n) is 4.57. The van der Waals surface area contributed by atoms with E-state index in [0.29, 0.717) is 12.0 Å². The highest BCUT2D eigenvalue weighted by molar-refractivity contribution is 5.85. The van der Waals surface area contributed by atoms with E-state index in [2.05, 4.69) is 18.9 Å². The number of nitrogens with two attached hydrogens (primary N) is 1. The number of fused-ring (bicyclic) bond motifs is 1. The van der Waals surface area contributed by atoms with Crippen LogP contribution in [-0.2, 0) is 4.79 Å².